The molecule has 0 aliphatic rings. The number of aromatic nitrogens is 2. The van der Waals surface area contributed by atoms with E-state index < -0.39 is 5.97 Å². The smallest absolute Gasteiger partial charge is 0.356 e. The van der Waals surface area contributed by atoms with Crippen molar-refractivity contribution >= 4 is 17.0 Å². The first kappa shape index (κ1) is 9.58. The van der Waals surface area contributed by atoms with E-state index in [0.29, 0.717) is 11.2 Å². The van der Waals surface area contributed by atoms with Crippen molar-refractivity contribution in [2.45, 2.75) is 13.8 Å². The third-order valence-corrected chi connectivity index (χ3v) is 2.27. The lowest BCUT2D eigenvalue weighted by atomic mass is 10.2. The number of aryl methyl sites for hydroxylation is 2. The number of carboxylic acid groups (broad SMARTS) is 1. The molecule has 0 fully saturated rings. The lowest BCUT2D eigenvalue weighted by Gasteiger charge is -2.04. The van der Waals surface area contributed by atoms with Crippen LogP contribution in [0.25, 0.3) is 11.0 Å². The summed E-state index contributed by atoms with van der Waals surface area (Å²) in [7, 11) is 0. The molecule has 1 heterocycles. The Bertz CT molecular complexity index is 550. The second kappa shape index (κ2) is 3.31. The molecule has 15 heavy (non-hydrogen) atoms. The summed E-state index contributed by atoms with van der Waals surface area (Å²) in [5.41, 5.74) is 2.79. The Morgan fingerprint density at radius 1 is 1.27 bits per heavy atom. The van der Waals surface area contributed by atoms with E-state index >= 15 is 0 Å². The summed E-state index contributed by atoms with van der Waals surface area (Å²) >= 11 is 0. The molecule has 76 valence electrons. The highest BCUT2D eigenvalue weighted by molar-refractivity contribution is 5.90. The molecule has 4 heteroatoms. The zero-order valence-corrected chi connectivity index (χ0v) is 8.48. The van der Waals surface area contributed by atoms with Gasteiger partial charge in [0.15, 0.2) is 5.69 Å². The monoisotopic (exact) mass is 202 g/mol. The van der Waals surface area contributed by atoms with E-state index in [2.05, 4.69) is 9.97 Å². The predicted octanol–water partition coefficient (Wildman–Crippen LogP) is 1.94. The molecule has 1 N–H and O–H groups in total. The minimum atomic E-state index is -1.04. The molecule has 0 unspecified atom stereocenters. The van der Waals surface area contributed by atoms with Crippen LogP contribution in [0.5, 0.6) is 0 Å². The van der Waals surface area contributed by atoms with Crippen molar-refractivity contribution in [3.8, 4) is 0 Å². The van der Waals surface area contributed by atoms with Gasteiger partial charge in [0.25, 0.3) is 0 Å². The fourth-order valence-corrected chi connectivity index (χ4v) is 1.51. The number of rotatable bonds is 1. The fraction of sp³-hybridized carbons (Fsp3) is 0.182. The first-order chi connectivity index (χ1) is 7.09. The van der Waals surface area contributed by atoms with Crippen molar-refractivity contribution in [1.29, 1.82) is 0 Å². The van der Waals surface area contributed by atoms with Gasteiger partial charge in [-0.05, 0) is 25.5 Å². The predicted molar refractivity (Wildman–Crippen MR) is 56.0 cm³/mol. The topological polar surface area (TPSA) is 63.1 Å². The molecule has 1 aromatic heterocycles. The Hall–Kier alpha value is -1.97. The van der Waals surface area contributed by atoms with Crippen LogP contribution >= 0.6 is 0 Å². The maximum absolute atomic E-state index is 10.9. The van der Waals surface area contributed by atoms with Crippen LogP contribution in [0.2, 0.25) is 0 Å². The number of carbonyl (C=O) groups is 1. The van der Waals surface area contributed by atoms with Crippen LogP contribution in [-0.4, -0.2) is 21.0 Å². The molecule has 1 aromatic carbocycles. The fourth-order valence-electron chi connectivity index (χ4n) is 1.51. The molecule has 0 spiro atoms. The van der Waals surface area contributed by atoms with Crippen molar-refractivity contribution in [3.63, 3.8) is 0 Å². The van der Waals surface area contributed by atoms with Gasteiger partial charge in [-0.25, -0.2) is 14.8 Å². The molecule has 0 saturated heterocycles. The van der Waals surface area contributed by atoms with Gasteiger partial charge in [-0.1, -0.05) is 12.1 Å². The standard InChI is InChI=1S/C11H10N2O2/c1-6-4-3-5-8-9(6)13-10(11(14)15)7(2)12-8/h3-5H,1-2H3,(H,14,15). The molecule has 4 nitrogen and oxygen atoms in total. The van der Waals surface area contributed by atoms with Crippen molar-refractivity contribution in [2.75, 3.05) is 0 Å². The number of benzene rings is 1. The molecule has 0 radical (unpaired) electrons. The second-order valence-corrected chi connectivity index (χ2v) is 3.41. The minimum absolute atomic E-state index is 0.0248. The van der Waals surface area contributed by atoms with E-state index in [1.165, 1.54) is 0 Å². The highest BCUT2D eigenvalue weighted by Crippen LogP contribution is 2.16. The average molecular weight is 202 g/mol. The van der Waals surface area contributed by atoms with Gasteiger partial charge < -0.3 is 5.11 Å². The number of para-hydroxylation sites is 1. The molecule has 0 bridgehead atoms. The highest BCUT2D eigenvalue weighted by Gasteiger charge is 2.12. The summed E-state index contributed by atoms with van der Waals surface area (Å²) in [6.07, 6.45) is 0. The van der Waals surface area contributed by atoms with Gasteiger partial charge in [-0.15, -0.1) is 0 Å². The van der Waals surface area contributed by atoms with Crippen LogP contribution in [0.1, 0.15) is 21.7 Å². The van der Waals surface area contributed by atoms with Gasteiger partial charge in [0.1, 0.15) is 0 Å². The van der Waals surface area contributed by atoms with Crippen LogP contribution in [0.4, 0.5) is 0 Å². The number of aromatic carboxylic acids is 1. The Labute approximate surface area is 86.6 Å². The molecule has 2 rings (SSSR count). The number of fused-ring (bicyclic) bond motifs is 1. The van der Waals surface area contributed by atoms with Gasteiger partial charge in [-0.2, -0.15) is 0 Å². The Morgan fingerprint density at radius 3 is 2.67 bits per heavy atom. The number of carboxylic acids is 1. The van der Waals surface area contributed by atoms with E-state index in [9.17, 15) is 4.79 Å². The molecular weight excluding hydrogens is 192 g/mol. The van der Waals surface area contributed by atoms with Gasteiger partial charge in [0, 0.05) is 0 Å². The van der Waals surface area contributed by atoms with Gasteiger partial charge in [-0.3, -0.25) is 0 Å². The van der Waals surface area contributed by atoms with E-state index in [1.807, 2.05) is 25.1 Å². The molecule has 0 atom stereocenters. The molecular formula is C11H10N2O2. The summed E-state index contributed by atoms with van der Waals surface area (Å²) in [4.78, 5) is 19.2. The summed E-state index contributed by atoms with van der Waals surface area (Å²) < 4.78 is 0. The molecule has 0 saturated carbocycles. The van der Waals surface area contributed by atoms with Crippen molar-refractivity contribution in [1.82, 2.24) is 9.97 Å². The second-order valence-electron chi connectivity index (χ2n) is 3.41. The zero-order valence-electron chi connectivity index (χ0n) is 8.48. The van der Waals surface area contributed by atoms with Crippen LogP contribution in [0.3, 0.4) is 0 Å². The quantitative estimate of drug-likeness (QED) is 0.767. The zero-order chi connectivity index (χ0) is 11.0. The van der Waals surface area contributed by atoms with E-state index in [-0.39, 0.29) is 5.69 Å². The summed E-state index contributed by atoms with van der Waals surface area (Å²) in [5, 5.41) is 8.91. The SMILES string of the molecule is Cc1nc2cccc(C)c2nc1C(=O)O. The van der Waals surface area contributed by atoms with Gasteiger partial charge in [0.05, 0.1) is 16.7 Å². The van der Waals surface area contributed by atoms with Crippen LogP contribution in [0, 0.1) is 13.8 Å². The maximum Gasteiger partial charge on any atom is 0.356 e. The Morgan fingerprint density at radius 2 is 2.00 bits per heavy atom. The summed E-state index contributed by atoms with van der Waals surface area (Å²) in [6, 6.07) is 5.60. The third kappa shape index (κ3) is 1.54. The average Bonchev–Trinajstić information content (AvgIpc) is 2.16. The van der Waals surface area contributed by atoms with Crippen LogP contribution in [-0.2, 0) is 0 Å². The normalized spacial score (nSPS) is 10.5. The maximum atomic E-state index is 10.9. The first-order valence-corrected chi connectivity index (χ1v) is 4.57. The van der Waals surface area contributed by atoms with E-state index in [1.54, 1.807) is 6.92 Å². The molecule has 2 aromatic rings. The van der Waals surface area contributed by atoms with E-state index in [4.69, 9.17) is 5.11 Å². The number of hydrogen-bond acceptors (Lipinski definition) is 3. The third-order valence-electron chi connectivity index (χ3n) is 2.27. The highest BCUT2D eigenvalue weighted by atomic mass is 16.4. The van der Waals surface area contributed by atoms with Gasteiger partial charge in [0.2, 0.25) is 0 Å². The van der Waals surface area contributed by atoms with Crippen LogP contribution in [0.15, 0.2) is 18.2 Å². The largest absolute Gasteiger partial charge is 0.476 e. The molecule has 0 aliphatic heterocycles. The van der Waals surface area contributed by atoms with Crippen molar-refractivity contribution in [3.05, 3.63) is 35.2 Å². The Kier molecular flexibility index (Phi) is 2.11. The Balaban J connectivity index is 2.83. The van der Waals surface area contributed by atoms with Crippen molar-refractivity contribution < 1.29 is 9.90 Å². The molecule has 0 aliphatic carbocycles. The minimum Gasteiger partial charge on any atom is -0.476 e. The number of nitrogens with zero attached hydrogens (tertiary/aromatic N) is 2. The number of hydrogen-bond donors (Lipinski definition) is 1. The summed E-state index contributed by atoms with van der Waals surface area (Å²) in [5.74, 6) is -1.04. The lowest BCUT2D eigenvalue weighted by molar-refractivity contribution is 0.0689. The molecule has 0 amide bonds. The van der Waals surface area contributed by atoms with Crippen LogP contribution < -0.4 is 0 Å². The van der Waals surface area contributed by atoms with E-state index in [0.717, 1.165) is 11.1 Å². The van der Waals surface area contributed by atoms with Gasteiger partial charge >= 0.3 is 5.97 Å². The lowest BCUT2D eigenvalue weighted by Crippen LogP contribution is -2.06. The summed E-state index contributed by atoms with van der Waals surface area (Å²) in [6.45, 7) is 3.54. The first-order valence-electron chi connectivity index (χ1n) is 4.57. The van der Waals surface area contributed by atoms with Crippen molar-refractivity contribution in [2.24, 2.45) is 0 Å².